The maximum Gasteiger partial charge on any atom is 0.251 e. The number of sulfone groups is 1. The highest BCUT2D eigenvalue weighted by Gasteiger charge is 2.10. The molecule has 22 heavy (non-hydrogen) atoms. The van der Waals surface area contributed by atoms with E-state index in [1.54, 1.807) is 36.0 Å². The normalized spacial score (nSPS) is 11.4. The van der Waals surface area contributed by atoms with Gasteiger partial charge in [-0.3, -0.25) is 9.48 Å². The second kappa shape index (κ2) is 6.74. The third kappa shape index (κ3) is 4.17. The number of aryl methyl sites for hydroxylation is 1. The smallest absolute Gasteiger partial charge is 0.251 e. The number of rotatable bonds is 6. The molecule has 6 nitrogen and oxygen atoms in total. The van der Waals surface area contributed by atoms with E-state index in [9.17, 15) is 13.2 Å². The lowest BCUT2D eigenvalue weighted by Gasteiger charge is -2.06. The molecule has 0 aliphatic rings. The number of benzene rings is 1. The molecular weight excluding hydrogens is 302 g/mol. The quantitative estimate of drug-likeness (QED) is 0.868. The second-order valence-electron chi connectivity index (χ2n) is 4.98. The summed E-state index contributed by atoms with van der Waals surface area (Å²) in [6.07, 6.45) is 3.59. The van der Waals surface area contributed by atoms with Crippen molar-refractivity contribution in [3.8, 4) is 11.1 Å². The van der Waals surface area contributed by atoms with Crippen LogP contribution in [0.5, 0.6) is 0 Å². The van der Waals surface area contributed by atoms with Crippen molar-refractivity contribution < 1.29 is 13.2 Å². The third-order valence-electron chi connectivity index (χ3n) is 3.30. The minimum atomic E-state index is -3.07. The Morgan fingerprint density at radius 2 is 2.09 bits per heavy atom. The Morgan fingerprint density at radius 1 is 1.32 bits per heavy atom. The molecule has 0 aliphatic heterocycles. The molecule has 0 fully saturated rings. The fourth-order valence-corrected chi connectivity index (χ4v) is 2.68. The molecule has 0 bridgehead atoms. The van der Waals surface area contributed by atoms with Gasteiger partial charge in [-0.05, 0) is 17.7 Å². The molecule has 0 aliphatic carbocycles. The summed E-state index contributed by atoms with van der Waals surface area (Å²) < 4.78 is 24.5. The molecule has 2 rings (SSSR count). The van der Waals surface area contributed by atoms with Crippen LogP contribution in [0.15, 0.2) is 36.7 Å². The van der Waals surface area contributed by atoms with E-state index in [1.165, 1.54) is 0 Å². The highest BCUT2D eigenvalue weighted by molar-refractivity contribution is 7.91. The summed E-state index contributed by atoms with van der Waals surface area (Å²) in [6.45, 7) is 1.71. The van der Waals surface area contributed by atoms with Gasteiger partial charge in [0.05, 0.1) is 11.9 Å². The molecule has 0 saturated heterocycles. The molecule has 0 spiro atoms. The Hall–Kier alpha value is -2.15. The lowest BCUT2D eigenvalue weighted by molar-refractivity contribution is 0.0956. The molecule has 118 valence electrons. The highest BCUT2D eigenvalue weighted by Crippen LogP contribution is 2.19. The second-order valence-corrected chi connectivity index (χ2v) is 7.45. The highest BCUT2D eigenvalue weighted by atomic mass is 32.2. The van der Waals surface area contributed by atoms with Gasteiger partial charge in [0.2, 0.25) is 0 Å². The van der Waals surface area contributed by atoms with Crippen LogP contribution in [0.25, 0.3) is 11.1 Å². The number of hydrogen-bond donors (Lipinski definition) is 1. The first-order chi connectivity index (χ1) is 10.4. The van der Waals surface area contributed by atoms with Crippen molar-refractivity contribution in [1.82, 2.24) is 15.1 Å². The standard InChI is InChI=1S/C15H19N3O3S/c1-3-22(20,21)8-7-16-15(19)13-6-4-5-12(9-13)14-10-17-18(2)11-14/h4-6,9-11H,3,7-8H2,1-2H3,(H,16,19). The average Bonchev–Trinajstić information content (AvgIpc) is 2.94. The molecule has 1 aromatic carbocycles. The third-order valence-corrected chi connectivity index (χ3v) is 5.01. The van der Waals surface area contributed by atoms with Gasteiger partial charge >= 0.3 is 0 Å². The van der Waals surface area contributed by atoms with Crippen LogP contribution >= 0.6 is 0 Å². The lowest BCUT2D eigenvalue weighted by Crippen LogP contribution is -2.29. The van der Waals surface area contributed by atoms with Gasteiger partial charge in [-0.25, -0.2) is 8.42 Å². The summed E-state index contributed by atoms with van der Waals surface area (Å²) >= 11 is 0. The summed E-state index contributed by atoms with van der Waals surface area (Å²) in [6, 6.07) is 7.15. The summed E-state index contributed by atoms with van der Waals surface area (Å²) in [5, 5.41) is 6.74. The maximum atomic E-state index is 12.1. The first kappa shape index (κ1) is 16.2. The van der Waals surface area contributed by atoms with E-state index < -0.39 is 9.84 Å². The SMILES string of the molecule is CCS(=O)(=O)CCNC(=O)c1cccc(-c2cnn(C)c2)c1. The Bertz CT molecular complexity index is 766. The van der Waals surface area contributed by atoms with Crippen LogP contribution in [0, 0.1) is 0 Å². The van der Waals surface area contributed by atoms with Crippen molar-refractivity contribution in [2.45, 2.75) is 6.92 Å². The molecule has 1 heterocycles. The van der Waals surface area contributed by atoms with E-state index in [-0.39, 0.29) is 24.0 Å². The van der Waals surface area contributed by atoms with Crippen LogP contribution in [0.3, 0.4) is 0 Å². The summed E-state index contributed by atoms with van der Waals surface area (Å²) in [4.78, 5) is 12.1. The van der Waals surface area contributed by atoms with Crippen LogP contribution in [0.4, 0.5) is 0 Å². The van der Waals surface area contributed by atoms with Crippen LogP contribution in [-0.4, -0.2) is 42.2 Å². The maximum absolute atomic E-state index is 12.1. The fourth-order valence-electron chi connectivity index (χ4n) is 1.98. The van der Waals surface area contributed by atoms with E-state index in [4.69, 9.17) is 0 Å². The van der Waals surface area contributed by atoms with Crippen molar-refractivity contribution in [3.05, 3.63) is 42.2 Å². The number of nitrogens with one attached hydrogen (secondary N) is 1. The predicted octanol–water partition coefficient (Wildman–Crippen LogP) is 1.25. The summed E-state index contributed by atoms with van der Waals surface area (Å²) in [5.41, 5.74) is 2.31. The van der Waals surface area contributed by atoms with Crippen molar-refractivity contribution in [3.63, 3.8) is 0 Å². The largest absolute Gasteiger partial charge is 0.351 e. The molecule has 1 amide bonds. The molecule has 0 saturated carbocycles. The predicted molar refractivity (Wildman–Crippen MR) is 85.3 cm³/mol. The zero-order valence-electron chi connectivity index (χ0n) is 12.6. The minimum absolute atomic E-state index is 0.0441. The first-order valence-electron chi connectivity index (χ1n) is 6.99. The molecule has 2 aromatic rings. The molecule has 0 atom stereocenters. The number of nitrogens with zero attached hydrogens (tertiary/aromatic N) is 2. The molecular formula is C15H19N3O3S. The van der Waals surface area contributed by atoms with Gasteiger partial charge in [-0.2, -0.15) is 5.10 Å². The first-order valence-corrected chi connectivity index (χ1v) is 8.81. The van der Waals surface area contributed by atoms with Crippen molar-refractivity contribution in [2.24, 2.45) is 7.05 Å². The Balaban J connectivity index is 2.05. The van der Waals surface area contributed by atoms with E-state index >= 15 is 0 Å². The Labute approximate surface area is 130 Å². The summed E-state index contributed by atoms with van der Waals surface area (Å²) in [7, 11) is -1.24. The van der Waals surface area contributed by atoms with Gasteiger partial charge < -0.3 is 5.32 Å². The zero-order valence-corrected chi connectivity index (χ0v) is 13.4. The van der Waals surface area contributed by atoms with Gasteiger partial charge in [0.25, 0.3) is 5.91 Å². The molecule has 0 unspecified atom stereocenters. The van der Waals surface area contributed by atoms with E-state index in [2.05, 4.69) is 10.4 Å². The molecule has 1 aromatic heterocycles. The molecule has 0 radical (unpaired) electrons. The van der Waals surface area contributed by atoms with E-state index in [1.807, 2.05) is 19.3 Å². The number of carbonyl (C=O) groups excluding carboxylic acids is 1. The minimum Gasteiger partial charge on any atom is -0.351 e. The number of hydrogen-bond acceptors (Lipinski definition) is 4. The van der Waals surface area contributed by atoms with Gasteiger partial charge in [0.1, 0.15) is 0 Å². The fraction of sp³-hybridized carbons (Fsp3) is 0.333. The van der Waals surface area contributed by atoms with Gasteiger partial charge in [-0.1, -0.05) is 19.1 Å². The van der Waals surface area contributed by atoms with Crippen LogP contribution in [0.1, 0.15) is 17.3 Å². The van der Waals surface area contributed by atoms with Gasteiger partial charge in [0, 0.05) is 36.7 Å². The van der Waals surface area contributed by atoms with Crippen molar-refractivity contribution in [2.75, 3.05) is 18.1 Å². The number of carbonyl (C=O) groups is 1. The zero-order chi connectivity index (χ0) is 16.2. The Kier molecular flexibility index (Phi) is 4.97. The monoisotopic (exact) mass is 321 g/mol. The topological polar surface area (TPSA) is 81.1 Å². The number of aromatic nitrogens is 2. The van der Waals surface area contributed by atoms with Crippen LogP contribution in [0.2, 0.25) is 0 Å². The molecule has 7 heteroatoms. The van der Waals surface area contributed by atoms with Crippen LogP contribution in [-0.2, 0) is 16.9 Å². The van der Waals surface area contributed by atoms with Gasteiger partial charge in [-0.15, -0.1) is 0 Å². The number of amides is 1. The van der Waals surface area contributed by atoms with Gasteiger partial charge in [0.15, 0.2) is 9.84 Å². The summed E-state index contributed by atoms with van der Waals surface area (Å²) in [5.74, 6) is -0.242. The Morgan fingerprint density at radius 3 is 2.73 bits per heavy atom. The van der Waals surface area contributed by atoms with Crippen molar-refractivity contribution in [1.29, 1.82) is 0 Å². The van der Waals surface area contributed by atoms with E-state index in [0.29, 0.717) is 5.56 Å². The van der Waals surface area contributed by atoms with E-state index in [0.717, 1.165) is 11.1 Å². The molecule has 1 N–H and O–H groups in total. The van der Waals surface area contributed by atoms with Crippen molar-refractivity contribution >= 4 is 15.7 Å². The van der Waals surface area contributed by atoms with Crippen LogP contribution < -0.4 is 5.32 Å². The lowest BCUT2D eigenvalue weighted by atomic mass is 10.1. The average molecular weight is 321 g/mol.